The molecule has 1 atom stereocenters. The lowest BCUT2D eigenvalue weighted by Gasteiger charge is -2.22. The Labute approximate surface area is 174 Å². The van der Waals surface area contributed by atoms with Crippen LogP contribution in [-0.4, -0.2) is 5.38 Å². The molecule has 3 aromatic carbocycles. The van der Waals surface area contributed by atoms with E-state index in [2.05, 4.69) is 91.9 Å². The molecule has 0 radical (unpaired) electrons. The quantitative estimate of drug-likeness (QED) is 0.309. The Morgan fingerprint density at radius 3 is 1.81 bits per heavy atom. The van der Waals surface area contributed by atoms with Crippen molar-refractivity contribution in [1.29, 1.82) is 0 Å². The van der Waals surface area contributed by atoms with Gasteiger partial charge in [-0.3, -0.25) is 0 Å². The minimum absolute atomic E-state index is 0. The van der Waals surface area contributed by atoms with E-state index < -0.39 is 7.92 Å². The zero-order valence-corrected chi connectivity index (χ0v) is 18.4. The van der Waals surface area contributed by atoms with Crippen LogP contribution in [0, 0.1) is 0 Å². The third-order valence-electron chi connectivity index (χ3n) is 4.43. The largest absolute Gasteiger partial charge is 0.123 e. The lowest BCUT2D eigenvalue weighted by molar-refractivity contribution is 0.728. The number of aryl methyl sites for hydroxylation is 1. The fraction of sp³-hybridized carbons (Fsp3) is 0.217. The molecule has 0 bridgehead atoms. The van der Waals surface area contributed by atoms with Crippen molar-refractivity contribution in [3.05, 3.63) is 90.5 Å². The highest BCUT2D eigenvalue weighted by Gasteiger charge is 2.19. The summed E-state index contributed by atoms with van der Waals surface area (Å²) in [6, 6.07) is 30.7. The molecule has 3 heteroatoms. The number of benzene rings is 3. The Balaban J connectivity index is 0.00000243. The van der Waals surface area contributed by atoms with E-state index in [1.165, 1.54) is 21.5 Å². The summed E-state index contributed by atoms with van der Waals surface area (Å²) in [6.07, 6.45) is 3.09. The highest BCUT2D eigenvalue weighted by molar-refractivity contribution is 8.93. The van der Waals surface area contributed by atoms with Gasteiger partial charge in [-0.05, 0) is 48.7 Å². The van der Waals surface area contributed by atoms with Gasteiger partial charge in [0.1, 0.15) is 0 Å². The van der Waals surface area contributed by atoms with Crippen LogP contribution in [0.25, 0.3) is 0 Å². The van der Waals surface area contributed by atoms with Crippen molar-refractivity contribution in [3.8, 4) is 0 Å². The predicted octanol–water partition coefficient (Wildman–Crippen LogP) is 5.97. The highest BCUT2D eigenvalue weighted by Crippen LogP contribution is 2.34. The van der Waals surface area contributed by atoms with Crippen molar-refractivity contribution >= 4 is 52.4 Å². The zero-order valence-electron chi connectivity index (χ0n) is 15.0. The van der Waals surface area contributed by atoms with Crippen LogP contribution in [0.2, 0.25) is 0 Å². The Bertz CT molecular complexity index is 737. The molecule has 26 heavy (non-hydrogen) atoms. The van der Waals surface area contributed by atoms with Gasteiger partial charge in [0.05, 0.1) is 0 Å². The van der Waals surface area contributed by atoms with E-state index >= 15 is 0 Å². The molecule has 136 valence electrons. The van der Waals surface area contributed by atoms with Gasteiger partial charge in [0, 0.05) is 5.38 Å². The molecule has 0 amide bonds. The topological polar surface area (TPSA) is 0 Å². The minimum atomic E-state index is -0.545. The number of hydrogen-bond donors (Lipinski definition) is 0. The van der Waals surface area contributed by atoms with Gasteiger partial charge in [-0.1, -0.05) is 91.9 Å². The molecule has 0 fully saturated rings. The summed E-state index contributed by atoms with van der Waals surface area (Å²) in [5.41, 5.74) is 1.43. The maximum absolute atomic E-state index is 6.39. The van der Waals surface area contributed by atoms with Crippen molar-refractivity contribution in [3.63, 3.8) is 0 Å². The lowest BCUT2D eigenvalue weighted by atomic mass is 10.1. The fourth-order valence-corrected chi connectivity index (χ4v) is 5.65. The van der Waals surface area contributed by atoms with Crippen LogP contribution in [0.5, 0.6) is 0 Å². The number of alkyl halides is 1. The summed E-state index contributed by atoms with van der Waals surface area (Å²) < 4.78 is 0. The van der Waals surface area contributed by atoms with E-state index in [-0.39, 0.29) is 22.4 Å². The van der Waals surface area contributed by atoms with Gasteiger partial charge in [0.25, 0.3) is 0 Å². The Hall–Kier alpha value is -1.14. The highest BCUT2D eigenvalue weighted by atomic mass is 79.9. The molecule has 3 rings (SSSR count). The van der Waals surface area contributed by atoms with E-state index in [0.717, 1.165) is 19.3 Å². The van der Waals surface area contributed by atoms with E-state index in [9.17, 15) is 0 Å². The standard InChI is InChI=1S/C23H24ClP.BrH/c1-2-20(24)18-17-19-11-9-10-16-23(19)25(21-12-5-3-6-13-21)22-14-7-4-8-15-22;/h3-16,20H,2,17-18H2,1H3;1H. The van der Waals surface area contributed by atoms with Crippen molar-refractivity contribution in [2.75, 3.05) is 0 Å². The van der Waals surface area contributed by atoms with E-state index in [1.807, 2.05) is 0 Å². The molecule has 0 aromatic heterocycles. The average Bonchev–Trinajstić information content (AvgIpc) is 2.69. The van der Waals surface area contributed by atoms with Gasteiger partial charge in [0.15, 0.2) is 0 Å². The van der Waals surface area contributed by atoms with Gasteiger partial charge >= 0.3 is 0 Å². The van der Waals surface area contributed by atoms with E-state index in [0.29, 0.717) is 0 Å². The van der Waals surface area contributed by atoms with Gasteiger partial charge in [-0.25, -0.2) is 0 Å². The molecule has 0 nitrogen and oxygen atoms in total. The summed E-state index contributed by atoms with van der Waals surface area (Å²) in [4.78, 5) is 0. The number of hydrogen-bond acceptors (Lipinski definition) is 0. The van der Waals surface area contributed by atoms with Crippen LogP contribution >= 0.6 is 36.5 Å². The summed E-state index contributed by atoms with van der Waals surface area (Å²) in [7, 11) is -0.545. The van der Waals surface area contributed by atoms with E-state index in [4.69, 9.17) is 11.6 Å². The second-order valence-corrected chi connectivity index (χ2v) is 8.98. The summed E-state index contributed by atoms with van der Waals surface area (Å²) in [6.45, 7) is 2.16. The van der Waals surface area contributed by atoms with Crippen molar-refractivity contribution in [2.45, 2.75) is 31.6 Å². The monoisotopic (exact) mass is 446 g/mol. The number of rotatable bonds is 7. The molecule has 0 spiro atoms. The Morgan fingerprint density at radius 2 is 1.27 bits per heavy atom. The molecule has 0 N–H and O–H groups in total. The van der Waals surface area contributed by atoms with E-state index in [1.54, 1.807) is 0 Å². The average molecular weight is 448 g/mol. The normalized spacial score (nSPS) is 11.8. The number of halogens is 2. The molecule has 0 saturated carbocycles. The molecule has 0 aliphatic heterocycles. The van der Waals surface area contributed by atoms with Gasteiger partial charge in [0.2, 0.25) is 0 Å². The first-order valence-electron chi connectivity index (χ1n) is 8.91. The Morgan fingerprint density at radius 1 is 0.769 bits per heavy atom. The Kier molecular flexibility index (Phi) is 8.85. The maximum Gasteiger partial charge on any atom is 0.0336 e. The molecule has 0 saturated heterocycles. The lowest BCUT2D eigenvalue weighted by Crippen LogP contribution is -2.23. The molecular formula is C23H25BrClP. The van der Waals surface area contributed by atoms with Crippen LogP contribution in [-0.2, 0) is 6.42 Å². The van der Waals surface area contributed by atoms with Crippen molar-refractivity contribution in [1.82, 2.24) is 0 Å². The summed E-state index contributed by atoms with van der Waals surface area (Å²) >= 11 is 6.39. The minimum Gasteiger partial charge on any atom is -0.123 e. The smallest absolute Gasteiger partial charge is 0.0336 e. The van der Waals surface area contributed by atoms with Gasteiger partial charge in [-0.2, -0.15) is 0 Å². The first kappa shape index (κ1) is 21.2. The molecule has 0 heterocycles. The maximum atomic E-state index is 6.39. The third-order valence-corrected chi connectivity index (χ3v) is 7.51. The molecular weight excluding hydrogens is 423 g/mol. The SMILES string of the molecule is Br.CCC(Cl)CCc1ccccc1P(c1ccccc1)c1ccccc1. The second kappa shape index (κ2) is 10.9. The second-order valence-electron chi connectivity index (χ2n) is 6.18. The summed E-state index contributed by atoms with van der Waals surface area (Å²) in [5.74, 6) is 0. The fourth-order valence-electron chi connectivity index (χ4n) is 3.04. The first-order valence-corrected chi connectivity index (χ1v) is 10.7. The van der Waals surface area contributed by atoms with Crippen LogP contribution in [0.3, 0.4) is 0 Å². The van der Waals surface area contributed by atoms with Crippen molar-refractivity contribution in [2.24, 2.45) is 0 Å². The third kappa shape index (κ3) is 5.43. The molecule has 3 aromatic rings. The van der Waals surface area contributed by atoms with Crippen LogP contribution in [0.15, 0.2) is 84.9 Å². The molecule has 0 aliphatic carbocycles. The van der Waals surface area contributed by atoms with Crippen molar-refractivity contribution < 1.29 is 0 Å². The van der Waals surface area contributed by atoms with Crippen LogP contribution in [0.4, 0.5) is 0 Å². The van der Waals surface area contributed by atoms with Gasteiger partial charge in [-0.15, -0.1) is 28.6 Å². The first-order chi connectivity index (χ1) is 12.3. The summed E-state index contributed by atoms with van der Waals surface area (Å²) in [5, 5.41) is 4.51. The predicted molar refractivity (Wildman–Crippen MR) is 124 cm³/mol. The van der Waals surface area contributed by atoms with Crippen LogP contribution in [0.1, 0.15) is 25.3 Å². The zero-order chi connectivity index (χ0) is 17.5. The molecule has 1 unspecified atom stereocenters. The van der Waals surface area contributed by atoms with Crippen LogP contribution < -0.4 is 15.9 Å². The molecule has 0 aliphatic rings. The van der Waals surface area contributed by atoms with Gasteiger partial charge < -0.3 is 0 Å².